The lowest BCUT2D eigenvalue weighted by molar-refractivity contribution is -0.147. The third-order valence-corrected chi connectivity index (χ3v) is 7.57. The Hall–Kier alpha value is -2.56. The van der Waals surface area contributed by atoms with E-state index in [0.29, 0.717) is 12.8 Å². The molecule has 12 heteroatoms. The number of aliphatic hydroxyl groups excluding tert-OH is 1. The van der Waals surface area contributed by atoms with Crippen LogP contribution in [0.15, 0.2) is 48.6 Å². The van der Waals surface area contributed by atoms with Crippen LogP contribution >= 0.6 is 7.82 Å². The zero-order valence-corrected chi connectivity index (χ0v) is 28.7. The molecule has 1 amide bonds. The molecule has 0 saturated heterocycles. The van der Waals surface area contributed by atoms with Gasteiger partial charge in [0, 0.05) is 12.8 Å². The van der Waals surface area contributed by atoms with Crippen LogP contribution in [0.4, 0.5) is 0 Å². The number of esters is 1. The van der Waals surface area contributed by atoms with Crippen molar-refractivity contribution in [3.05, 3.63) is 48.6 Å². The molecule has 0 aliphatic carbocycles. The Kier molecular flexibility index (Phi) is 28.2. The lowest BCUT2D eigenvalue weighted by Gasteiger charge is -2.18. The number of carbonyl (C=O) groups is 3. The highest BCUT2D eigenvalue weighted by molar-refractivity contribution is 7.47. The Bertz CT molecular complexity index is 979. The standard InChI is InChI=1S/C34H58NO10P/c1-3-5-7-8-9-10-11-12-13-14-15-16-17-18-19-20-21-22-24-26-33(38)43-27-30(36)28-44-46(41,42)45-29-31(34(39)40)35-32(37)25-23-6-4-2/h9-10,12-13,15-16,18-19,30-31,36H,3-8,11,14,17,20-29H2,1-2H3,(H,35,37)(H,39,40)(H,41,42)/b10-9-,13-12-,16-15-,19-18-. The molecule has 0 heterocycles. The monoisotopic (exact) mass is 671 g/mol. The molecule has 0 fully saturated rings. The number of hydrogen-bond donors (Lipinski definition) is 4. The Morgan fingerprint density at radius 2 is 1.20 bits per heavy atom. The number of nitrogens with one attached hydrogen (secondary N) is 1. The van der Waals surface area contributed by atoms with Gasteiger partial charge in [-0.15, -0.1) is 0 Å². The molecule has 3 atom stereocenters. The SMILES string of the molecule is CCCCC/C=C\C/C=C\C/C=C\C/C=C\CCCCCC(=O)OCC(O)COP(=O)(O)OCC(NC(=O)CCCCC)C(=O)O. The van der Waals surface area contributed by atoms with Crippen LogP contribution in [0.1, 0.15) is 117 Å². The van der Waals surface area contributed by atoms with E-state index in [0.717, 1.165) is 51.4 Å². The number of ether oxygens (including phenoxy) is 1. The molecule has 0 aromatic carbocycles. The van der Waals surface area contributed by atoms with Crippen LogP contribution in [0.3, 0.4) is 0 Å². The number of carboxylic acid groups (broad SMARTS) is 1. The highest BCUT2D eigenvalue weighted by Gasteiger charge is 2.28. The molecule has 0 aromatic rings. The number of phosphoric ester groups is 1. The molecule has 264 valence electrons. The maximum Gasteiger partial charge on any atom is 0.472 e. The van der Waals surface area contributed by atoms with Crippen LogP contribution < -0.4 is 5.32 Å². The topological polar surface area (TPSA) is 169 Å². The number of amides is 1. The fourth-order valence-electron chi connectivity index (χ4n) is 3.94. The van der Waals surface area contributed by atoms with E-state index < -0.39 is 57.6 Å². The molecular formula is C34H58NO10P. The summed E-state index contributed by atoms with van der Waals surface area (Å²) in [6.45, 7) is 2.25. The van der Waals surface area contributed by atoms with Crippen molar-refractivity contribution in [3.63, 3.8) is 0 Å². The van der Waals surface area contributed by atoms with Crippen molar-refractivity contribution < 1.29 is 47.8 Å². The van der Waals surface area contributed by atoms with Crippen molar-refractivity contribution in [2.24, 2.45) is 0 Å². The number of aliphatic carboxylic acids is 1. The van der Waals surface area contributed by atoms with Gasteiger partial charge in [0.15, 0.2) is 6.04 Å². The minimum atomic E-state index is -4.74. The molecule has 11 nitrogen and oxygen atoms in total. The first-order chi connectivity index (χ1) is 22.1. The van der Waals surface area contributed by atoms with Gasteiger partial charge in [-0.3, -0.25) is 18.6 Å². The second-order valence-electron chi connectivity index (χ2n) is 11.0. The third kappa shape index (κ3) is 28.9. The summed E-state index contributed by atoms with van der Waals surface area (Å²) < 4.78 is 26.4. The van der Waals surface area contributed by atoms with E-state index in [4.69, 9.17) is 4.74 Å². The number of rotatable bonds is 30. The van der Waals surface area contributed by atoms with Crippen LogP contribution in [0.5, 0.6) is 0 Å². The van der Waals surface area contributed by atoms with Gasteiger partial charge in [-0.05, 0) is 57.8 Å². The van der Waals surface area contributed by atoms with Gasteiger partial charge in [0.25, 0.3) is 0 Å². The molecule has 0 aliphatic rings. The molecule has 0 radical (unpaired) electrons. The molecule has 4 N–H and O–H groups in total. The Balaban J connectivity index is 3.94. The minimum Gasteiger partial charge on any atom is -0.480 e. The second-order valence-corrected chi connectivity index (χ2v) is 12.5. The first kappa shape index (κ1) is 43.4. The van der Waals surface area contributed by atoms with Crippen molar-refractivity contribution in [1.82, 2.24) is 5.32 Å². The average molecular weight is 672 g/mol. The summed E-state index contributed by atoms with van der Waals surface area (Å²) in [5.74, 6) is -2.45. The molecule has 46 heavy (non-hydrogen) atoms. The van der Waals surface area contributed by atoms with Crippen molar-refractivity contribution >= 4 is 25.7 Å². The number of unbranched alkanes of at least 4 members (excludes halogenated alkanes) is 8. The zero-order valence-electron chi connectivity index (χ0n) is 27.9. The van der Waals surface area contributed by atoms with Gasteiger partial charge in [-0.1, -0.05) is 94.6 Å². The van der Waals surface area contributed by atoms with E-state index in [2.05, 4.69) is 69.9 Å². The zero-order chi connectivity index (χ0) is 34.3. The third-order valence-electron chi connectivity index (χ3n) is 6.62. The largest absolute Gasteiger partial charge is 0.480 e. The predicted molar refractivity (Wildman–Crippen MR) is 180 cm³/mol. The van der Waals surface area contributed by atoms with E-state index in [9.17, 15) is 34.1 Å². The summed E-state index contributed by atoms with van der Waals surface area (Å²) in [7, 11) is -4.74. The summed E-state index contributed by atoms with van der Waals surface area (Å²) >= 11 is 0. The van der Waals surface area contributed by atoms with Crippen LogP contribution in [-0.4, -0.2) is 64.9 Å². The van der Waals surface area contributed by atoms with Crippen molar-refractivity contribution in [3.8, 4) is 0 Å². The fourth-order valence-corrected chi connectivity index (χ4v) is 4.71. The van der Waals surface area contributed by atoms with Crippen molar-refractivity contribution in [2.75, 3.05) is 19.8 Å². The lowest BCUT2D eigenvalue weighted by Crippen LogP contribution is -2.43. The van der Waals surface area contributed by atoms with Crippen LogP contribution in [0.25, 0.3) is 0 Å². The maximum absolute atomic E-state index is 12.1. The van der Waals surface area contributed by atoms with Crippen LogP contribution in [0, 0.1) is 0 Å². The van der Waals surface area contributed by atoms with Gasteiger partial charge in [0.2, 0.25) is 5.91 Å². The molecule has 0 aromatic heterocycles. The first-order valence-electron chi connectivity index (χ1n) is 16.7. The second kappa shape index (κ2) is 29.8. The van der Waals surface area contributed by atoms with Crippen LogP contribution in [0.2, 0.25) is 0 Å². The Morgan fingerprint density at radius 1 is 0.696 bits per heavy atom. The van der Waals surface area contributed by atoms with E-state index >= 15 is 0 Å². The molecule has 0 aliphatic heterocycles. The smallest absolute Gasteiger partial charge is 0.472 e. The Labute approximate surface area is 275 Å². The van der Waals surface area contributed by atoms with Gasteiger partial charge < -0.3 is 25.2 Å². The molecule has 0 spiro atoms. The number of hydrogen-bond acceptors (Lipinski definition) is 8. The van der Waals surface area contributed by atoms with E-state index in [1.54, 1.807) is 0 Å². The minimum absolute atomic E-state index is 0.127. The van der Waals surface area contributed by atoms with Crippen molar-refractivity contribution in [1.29, 1.82) is 0 Å². The van der Waals surface area contributed by atoms with E-state index in [1.807, 2.05) is 6.92 Å². The van der Waals surface area contributed by atoms with E-state index in [-0.39, 0.29) is 12.8 Å². The molecule has 0 bridgehead atoms. The van der Waals surface area contributed by atoms with Crippen LogP contribution in [-0.2, 0) is 32.7 Å². The maximum atomic E-state index is 12.1. The fraction of sp³-hybridized carbons (Fsp3) is 0.676. The molecular weight excluding hydrogens is 613 g/mol. The van der Waals surface area contributed by atoms with E-state index in [1.165, 1.54) is 25.7 Å². The highest BCUT2D eigenvalue weighted by Crippen LogP contribution is 2.43. The number of carboxylic acids is 1. The molecule has 0 saturated carbocycles. The van der Waals surface area contributed by atoms with Gasteiger partial charge in [-0.2, -0.15) is 0 Å². The summed E-state index contributed by atoms with van der Waals surface area (Å²) in [6.07, 6.45) is 29.8. The van der Waals surface area contributed by atoms with Crippen molar-refractivity contribution in [2.45, 2.75) is 129 Å². The summed E-state index contributed by atoms with van der Waals surface area (Å²) in [4.78, 5) is 44.9. The highest BCUT2D eigenvalue weighted by atomic mass is 31.2. The number of aliphatic hydroxyl groups is 1. The van der Waals surface area contributed by atoms with Gasteiger partial charge >= 0.3 is 19.8 Å². The van der Waals surface area contributed by atoms with Gasteiger partial charge in [0.1, 0.15) is 12.7 Å². The first-order valence-corrected chi connectivity index (χ1v) is 18.2. The average Bonchev–Trinajstić information content (AvgIpc) is 3.02. The molecule has 0 rings (SSSR count). The summed E-state index contributed by atoms with van der Waals surface area (Å²) in [6, 6.07) is -1.54. The van der Waals surface area contributed by atoms with Gasteiger partial charge in [-0.25, -0.2) is 9.36 Å². The summed E-state index contributed by atoms with van der Waals surface area (Å²) in [5.41, 5.74) is 0. The number of carbonyl (C=O) groups excluding carboxylic acids is 2. The molecule has 3 unspecified atom stereocenters. The number of phosphoric acid groups is 1. The predicted octanol–water partition coefficient (Wildman–Crippen LogP) is 7.10. The number of allylic oxidation sites excluding steroid dienone is 8. The van der Waals surface area contributed by atoms with Gasteiger partial charge in [0.05, 0.1) is 13.2 Å². The lowest BCUT2D eigenvalue weighted by atomic mass is 10.1. The summed E-state index contributed by atoms with van der Waals surface area (Å²) in [5, 5.41) is 21.4. The Morgan fingerprint density at radius 3 is 1.76 bits per heavy atom. The quantitative estimate of drug-likeness (QED) is 0.0267. The normalized spacial score (nSPS) is 14.7.